The van der Waals surface area contributed by atoms with Gasteiger partial charge in [0.2, 0.25) is 11.5 Å². The third kappa shape index (κ3) is 3.68. The zero-order valence-electron chi connectivity index (χ0n) is 18.8. The summed E-state index contributed by atoms with van der Waals surface area (Å²) in [4.78, 5) is 25.4. The van der Waals surface area contributed by atoms with E-state index in [1.165, 1.54) is 24.4 Å². The number of aliphatic imine (C=N–C) groups is 2. The molecule has 1 fully saturated rings. The summed E-state index contributed by atoms with van der Waals surface area (Å²) in [6.45, 7) is 2.08. The van der Waals surface area contributed by atoms with Gasteiger partial charge in [-0.15, -0.1) is 0 Å². The van der Waals surface area contributed by atoms with E-state index in [0.29, 0.717) is 19.4 Å². The summed E-state index contributed by atoms with van der Waals surface area (Å²) in [6, 6.07) is 3.31. The molecule has 1 aromatic carbocycles. The lowest BCUT2D eigenvalue weighted by Crippen LogP contribution is -2.64. The van der Waals surface area contributed by atoms with E-state index in [1.807, 2.05) is 0 Å². The third-order valence-corrected chi connectivity index (χ3v) is 6.82. The number of fused-ring (bicyclic) bond motifs is 4. The van der Waals surface area contributed by atoms with Gasteiger partial charge in [0.15, 0.2) is 0 Å². The molecular formula is C20H23F3N4O6S. The van der Waals surface area contributed by atoms with E-state index in [9.17, 15) is 26.4 Å². The van der Waals surface area contributed by atoms with Crippen molar-refractivity contribution in [3.63, 3.8) is 0 Å². The highest BCUT2D eigenvalue weighted by Crippen LogP contribution is 2.54. The highest BCUT2D eigenvalue weighted by molar-refractivity contribution is 7.88. The summed E-state index contributed by atoms with van der Waals surface area (Å²) in [5.41, 5.74) is -8.35. The van der Waals surface area contributed by atoms with E-state index in [4.69, 9.17) is 9.47 Å². The van der Waals surface area contributed by atoms with E-state index >= 15 is 0 Å². The van der Waals surface area contributed by atoms with Crippen LogP contribution in [0, 0.1) is 0 Å². The molecule has 1 saturated heterocycles. The Balaban J connectivity index is 1.91. The number of guanidine groups is 1. The average molecular weight is 504 g/mol. The Bertz CT molecular complexity index is 1190. The first-order valence-corrected chi connectivity index (χ1v) is 11.7. The molecule has 1 spiro atoms. The quantitative estimate of drug-likeness (QED) is 0.267. The maximum absolute atomic E-state index is 13.7. The van der Waals surface area contributed by atoms with Crippen LogP contribution in [0.3, 0.4) is 0 Å². The van der Waals surface area contributed by atoms with Crippen molar-refractivity contribution in [2.75, 3.05) is 27.7 Å². The van der Waals surface area contributed by atoms with E-state index < -0.39 is 44.5 Å². The van der Waals surface area contributed by atoms with E-state index in [1.54, 1.807) is 25.9 Å². The van der Waals surface area contributed by atoms with Gasteiger partial charge in [0.1, 0.15) is 23.2 Å². The predicted octanol–water partition coefficient (Wildman–Crippen LogP) is 1.86. The van der Waals surface area contributed by atoms with E-state index in [-0.39, 0.29) is 17.3 Å². The van der Waals surface area contributed by atoms with Crippen LogP contribution in [0.1, 0.15) is 25.3 Å². The van der Waals surface area contributed by atoms with Crippen LogP contribution in [0.4, 0.5) is 13.2 Å². The fraction of sp³-hybridized carbons (Fsp3) is 0.550. The van der Waals surface area contributed by atoms with Gasteiger partial charge in [-0.25, -0.2) is 9.98 Å². The van der Waals surface area contributed by atoms with Gasteiger partial charge in [-0.05, 0) is 38.0 Å². The molecule has 0 N–H and O–H groups in total. The lowest BCUT2D eigenvalue weighted by molar-refractivity contribution is -0.175. The van der Waals surface area contributed by atoms with Gasteiger partial charge in [-0.3, -0.25) is 9.69 Å². The number of nitrogens with zero attached hydrogens (tertiary/aromatic N) is 4. The topological polar surface area (TPSA) is 110 Å². The Morgan fingerprint density at radius 2 is 2.06 bits per heavy atom. The molecule has 14 heteroatoms. The zero-order valence-corrected chi connectivity index (χ0v) is 19.6. The number of carbonyl (C=O) groups is 1. The summed E-state index contributed by atoms with van der Waals surface area (Å²) in [6.07, 6.45) is 1.68. The molecule has 3 aliphatic heterocycles. The van der Waals surface area contributed by atoms with E-state index in [0.717, 1.165) is 12.1 Å². The molecule has 34 heavy (non-hydrogen) atoms. The van der Waals surface area contributed by atoms with Crippen molar-refractivity contribution in [3.8, 4) is 11.5 Å². The normalized spacial score (nSPS) is 29.0. The number of hydrogen-bond donors (Lipinski definition) is 0. The molecule has 3 heterocycles. The number of carbonyl (C=O) groups excluding carboxylic acids is 1. The van der Waals surface area contributed by atoms with Crippen molar-refractivity contribution >= 4 is 28.3 Å². The maximum Gasteiger partial charge on any atom is 0.534 e. The van der Waals surface area contributed by atoms with Crippen LogP contribution in [-0.4, -0.2) is 81.4 Å². The van der Waals surface area contributed by atoms with Crippen LogP contribution >= 0.6 is 0 Å². The van der Waals surface area contributed by atoms with Crippen LogP contribution in [0.2, 0.25) is 0 Å². The standard InChI is InChI=1S/C20H23F3N4O6S/c1-18-8-5-9-31-15(18)19(16(28)27(4)17(25-19)24-11-26(2)3)13-10-12(6-7-14(13)32-18)33-34(29,30)20(21,22)23/h6-7,10-11,15H,5,8-9H2,1-4H3. The number of ether oxygens (including phenoxy) is 2. The van der Waals surface area contributed by atoms with Gasteiger partial charge in [0, 0.05) is 33.3 Å². The van der Waals surface area contributed by atoms with Crippen LogP contribution < -0.4 is 8.92 Å². The van der Waals surface area contributed by atoms with Crippen LogP contribution in [0.15, 0.2) is 28.2 Å². The molecule has 0 bridgehead atoms. The Kier molecular flexibility index (Phi) is 5.59. The molecule has 3 aliphatic rings. The minimum Gasteiger partial charge on any atom is -0.484 e. The second-order valence-corrected chi connectivity index (χ2v) is 10.2. The largest absolute Gasteiger partial charge is 0.534 e. The lowest BCUT2D eigenvalue weighted by atomic mass is 9.71. The fourth-order valence-corrected chi connectivity index (χ4v) is 4.82. The van der Waals surface area contributed by atoms with Gasteiger partial charge in [-0.1, -0.05) is 0 Å². The summed E-state index contributed by atoms with van der Waals surface area (Å²) >= 11 is 0. The smallest absolute Gasteiger partial charge is 0.484 e. The summed E-state index contributed by atoms with van der Waals surface area (Å²) in [7, 11) is -1.01. The van der Waals surface area contributed by atoms with Crippen molar-refractivity contribution in [2.24, 2.45) is 9.98 Å². The van der Waals surface area contributed by atoms with Gasteiger partial charge in [-0.2, -0.15) is 21.6 Å². The first-order chi connectivity index (χ1) is 15.7. The molecule has 0 aromatic heterocycles. The van der Waals surface area contributed by atoms with Gasteiger partial charge in [0.05, 0.1) is 6.34 Å². The Morgan fingerprint density at radius 1 is 1.35 bits per heavy atom. The number of likely N-dealkylation sites (N-methyl/N-ethyl adjacent to an activating group) is 1. The predicted molar refractivity (Wildman–Crippen MR) is 114 cm³/mol. The van der Waals surface area contributed by atoms with Crippen molar-refractivity contribution < 1.29 is 40.0 Å². The summed E-state index contributed by atoms with van der Waals surface area (Å²) < 4.78 is 78.2. The van der Waals surface area contributed by atoms with Crippen molar-refractivity contribution in [1.29, 1.82) is 0 Å². The minimum absolute atomic E-state index is 0.0265. The number of hydrogen-bond acceptors (Lipinski definition) is 8. The number of alkyl halides is 3. The molecule has 1 aromatic rings. The van der Waals surface area contributed by atoms with Crippen LogP contribution in [-0.2, 0) is 25.2 Å². The molecule has 186 valence electrons. The monoisotopic (exact) mass is 504 g/mol. The first-order valence-electron chi connectivity index (χ1n) is 10.3. The highest BCUT2D eigenvalue weighted by atomic mass is 32.2. The van der Waals surface area contributed by atoms with Crippen LogP contribution in [0.5, 0.6) is 11.5 Å². The Morgan fingerprint density at radius 3 is 2.71 bits per heavy atom. The molecule has 0 aliphatic carbocycles. The number of halogens is 3. The van der Waals surface area contributed by atoms with E-state index in [2.05, 4.69) is 14.2 Å². The lowest BCUT2D eigenvalue weighted by Gasteiger charge is -2.51. The van der Waals surface area contributed by atoms with Gasteiger partial charge >= 0.3 is 15.6 Å². The van der Waals surface area contributed by atoms with Crippen molar-refractivity contribution in [1.82, 2.24) is 9.80 Å². The minimum atomic E-state index is -5.93. The van der Waals surface area contributed by atoms with Crippen molar-refractivity contribution in [3.05, 3.63) is 23.8 Å². The molecule has 10 nitrogen and oxygen atoms in total. The number of benzene rings is 1. The molecule has 4 rings (SSSR count). The highest BCUT2D eigenvalue weighted by Gasteiger charge is 2.65. The molecule has 0 radical (unpaired) electrons. The molecule has 3 unspecified atom stereocenters. The maximum atomic E-state index is 13.7. The Labute approximate surface area is 194 Å². The zero-order chi connectivity index (χ0) is 25.1. The summed E-state index contributed by atoms with van der Waals surface area (Å²) in [5, 5.41) is 0. The second-order valence-electron chi connectivity index (χ2n) is 8.66. The molecule has 1 amide bonds. The fourth-order valence-electron chi connectivity index (χ4n) is 4.37. The second kappa shape index (κ2) is 7.83. The first kappa shape index (κ1) is 24.3. The molecule has 0 saturated carbocycles. The average Bonchev–Trinajstić information content (AvgIpc) is 2.97. The van der Waals surface area contributed by atoms with Crippen LogP contribution in [0.25, 0.3) is 0 Å². The molecule has 3 atom stereocenters. The third-order valence-electron chi connectivity index (χ3n) is 5.84. The number of rotatable bonds is 3. The van der Waals surface area contributed by atoms with Crippen molar-refractivity contribution in [2.45, 2.75) is 42.5 Å². The summed E-state index contributed by atoms with van der Waals surface area (Å²) in [5.74, 6) is -0.979. The van der Waals surface area contributed by atoms with Gasteiger partial charge < -0.3 is 18.6 Å². The SMILES string of the molecule is CN(C)C=NC1=NC2(C(=O)N1C)c1cc(OS(=O)(=O)C(F)(F)F)ccc1OC1(C)CCCOC12. The molecular weight excluding hydrogens is 481 g/mol. The number of amides is 1. The van der Waals surface area contributed by atoms with Gasteiger partial charge in [0.25, 0.3) is 5.91 Å². The Hall–Kier alpha value is -2.87.